The van der Waals surface area contributed by atoms with E-state index in [1.54, 1.807) is 42.5 Å². The highest BCUT2D eigenvalue weighted by Crippen LogP contribution is 2.55. The van der Waals surface area contributed by atoms with Gasteiger partial charge in [0.2, 0.25) is 17.7 Å². The number of rotatable bonds is 19. The Morgan fingerprint density at radius 1 is 0.956 bits per heavy atom. The molecular formula is C52H65ClN6O9. The number of ether oxygens (including phenoxy) is 3. The molecule has 2 fully saturated rings. The second-order valence-corrected chi connectivity index (χ2v) is 20.6. The summed E-state index contributed by atoms with van der Waals surface area (Å²) in [6.45, 7) is 18.0. The Kier molecular flexibility index (Phi) is 16.3. The molecule has 1 aliphatic carbocycles. The average Bonchev–Trinajstić information content (AvgIpc) is 3.91. The molecule has 4 N–H and O–H groups in total. The second kappa shape index (κ2) is 21.6. The lowest BCUT2D eigenvalue weighted by Gasteiger charge is -2.63. The van der Waals surface area contributed by atoms with Gasteiger partial charge < -0.3 is 44.6 Å². The van der Waals surface area contributed by atoms with Crippen molar-refractivity contribution >= 4 is 35.2 Å². The summed E-state index contributed by atoms with van der Waals surface area (Å²) in [5, 5.41) is 29.2. The van der Waals surface area contributed by atoms with Gasteiger partial charge in [0, 0.05) is 53.6 Å². The summed E-state index contributed by atoms with van der Waals surface area (Å²) in [4.78, 5) is 59.6. The maximum Gasteiger partial charge on any atom is 0.251 e. The largest absolute Gasteiger partial charge is 0.494 e. The molecule has 16 heteroatoms. The Balaban J connectivity index is 0.887. The van der Waals surface area contributed by atoms with E-state index in [0.29, 0.717) is 53.0 Å². The van der Waals surface area contributed by atoms with Gasteiger partial charge in [0.25, 0.3) is 5.91 Å². The quantitative estimate of drug-likeness (QED) is 0.0670. The minimum atomic E-state index is -0.970. The molecular weight excluding hydrogens is 888 g/mol. The number of oxazole rings is 1. The van der Waals surface area contributed by atoms with Crippen molar-refractivity contribution in [3.8, 4) is 28.9 Å². The van der Waals surface area contributed by atoms with E-state index < -0.39 is 52.2 Å². The molecule has 15 nitrogen and oxygen atoms in total. The van der Waals surface area contributed by atoms with Gasteiger partial charge in [-0.2, -0.15) is 5.26 Å². The average molecular weight is 954 g/mol. The van der Waals surface area contributed by atoms with E-state index in [0.717, 1.165) is 29.7 Å². The highest BCUT2D eigenvalue weighted by atomic mass is 35.5. The predicted octanol–water partition coefficient (Wildman–Crippen LogP) is 7.72. The first-order valence-corrected chi connectivity index (χ1v) is 23.6. The van der Waals surface area contributed by atoms with Crippen LogP contribution in [0.5, 0.6) is 11.5 Å². The number of amides is 4. The van der Waals surface area contributed by atoms with E-state index in [4.69, 9.17) is 30.2 Å². The first kappa shape index (κ1) is 51.4. The third kappa shape index (κ3) is 12.0. The number of aliphatic hydroxyl groups excluding tert-OH is 1. The van der Waals surface area contributed by atoms with Crippen LogP contribution < -0.4 is 25.4 Å². The van der Waals surface area contributed by atoms with Crippen molar-refractivity contribution in [3.63, 3.8) is 0 Å². The van der Waals surface area contributed by atoms with Gasteiger partial charge in [0.05, 0.1) is 35.0 Å². The fraction of sp³-hybridized carbons (Fsp3) is 0.500. The number of β-amino-alcohol motifs (C(OH)–C–C–N with tert-alkyl or cyclic N) is 1. The summed E-state index contributed by atoms with van der Waals surface area (Å²) < 4.78 is 23.4. The fourth-order valence-corrected chi connectivity index (χ4v) is 9.78. The molecule has 68 heavy (non-hydrogen) atoms. The molecule has 0 unspecified atom stereocenters. The molecule has 2 aliphatic rings. The van der Waals surface area contributed by atoms with Crippen LogP contribution in [-0.4, -0.2) is 95.3 Å². The van der Waals surface area contributed by atoms with Crippen LogP contribution in [-0.2, 0) is 19.1 Å². The van der Waals surface area contributed by atoms with E-state index >= 15 is 0 Å². The van der Waals surface area contributed by atoms with E-state index in [-0.39, 0.29) is 43.7 Å². The number of halogens is 1. The van der Waals surface area contributed by atoms with Gasteiger partial charge in [0.15, 0.2) is 12.2 Å². The Labute approximate surface area is 404 Å². The number of hydrogen-bond acceptors (Lipinski definition) is 11. The molecule has 0 radical (unpaired) electrons. The number of carbonyl (C=O) groups is 4. The number of nitrogens with zero attached hydrogens (tertiary/aromatic N) is 3. The molecule has 1 saturated carbocycles. The van der Waals surface area contributed by atoms with Crippen molar-refractivity contribution < 1.29 is 42.9 Å². The smallest absolute Gasteiger partial charge is 0.251 e. The van der Waals surface area contributed by atoms with Crippen LogP contribution in [0.1, 0.15) is 114 Å². The summed E-state index contributed by atoms with van der Waals surface area (Å²) >= 11 is 6.23. The van der Waals surface area contributed by atoms with Crippen molar-refractivity contribution in [1.29, 1.82) is 5.26 Å². The highest BCUT2D eigenvalue weighted by molar-refractivity contribution is 6.31. The minimum Gasteiger partial charge on any atom is -0.494 e. The van der Waals surface area contributed by atoms with Gasteiger partial charge in [-0.3, -0.25) is 19.2 Å². The Bertz CT molecular complexity index is 2440. The predicted molar refractivity (Wildman–Crippen MR) is 257 cm³/mol. The minimum absolute atomic E-state index is 0.0302. The summed E-state index contributed by atoms with van der Waals surface area (Å²) in [6, 6.07) is 19.2. The molecule has 4 aromatic rings. The Morgan fingerprint density at radius 3 is 2.24 bits per heavy atom. The van der Waals surface area contributed by atoms with Crippen LogP contribution in [0, 0.1) is 34.5 Å². The van der Waals surface area contributed by atoms with Crippen LogP contribution in [0.25, 0.3) is 11.3 Å². The molecule has 3 aromatic carbocycles. The molecule has 2 heterocycles. The van der Waals surface area contributed by atoms with Crippen molar-refractivity contribution in [3.05, 3.63) is 101 Å². The summed E-state index contributed by atoms with van der Waals surface area (Å²) in [7, 11) is 0. The van der Waals surface area contributed by atoms with Gasteiger partial charge in [0.1, 0.15) is 42.4 Å². The maximum atomic E-state index is 14.0. The molecule has 1 aromatic heterocycles. The van der Waals surface area contributed by atoms with Crippen molar-refractivity contribution in [2.45, 2.75) is 124 Å². The van der Waals surface area contributed by atoms with Crippen molar-refractivity contribution in [1.82, 2.24) is 25.8 Å². The Morgan fingerprint density at radius 2 is 1.62 bits per heavy atom. The van der Waals surface area contributed by atoms with Gasteiger partial charge in [-0.15, -0.1) is 0 Å². The number of likely N-dealkylation sites (tertiary alicyclic amines) is 1. The van der Waals surface area contributed by atoms with E-state index in [2.05, 4.69) is 54.7 Å². The number of aryl methyl sites for hydroxylation is 1. The third-order valence-corrected chi connectivity index (χ3v) is 13.4. The normalized spacial score (nSPS) is 20.3. The molecule has 0 bridgehead atoms. The number of aromatic nitrogens is 1. The molecule has 6 rings (SSSR count). The molecule has 4 amide bonds. The van der Waals surface area contributed by atoms with Gasteiger partial charge in [-0.05, 0) is 80.5 Å². The zero-order valence-electron chi connectivity index (χ0n) is 40.5. The molecule has 364 valence electrons. The number of carbonyl (C=O) groups excluding carboxylic acids is 4. The molecule has 0 spiro atoms. The zero-order valence-corrected chi connectivity index (χ0v) is 41.2. The Hall–Kier alpha value is -5.95. The molecule has 1 aliphatic heterocycles. The number of nitriles is 1. The van der Waals surface area contributed by atoms with Crippen molar-refractivity contribution in [2.24, 2.45) is 16.2 Å². The standard InChI is InChI=1S/C52H65ClN6O9/c1-31(33-13-15-34(16-14-33)43-32(2)55-30-67-43)56-46(63)41-25-37(60)28-59(41)47(64)44(50(3,4)5)57-42(61)29-65-23-11-10-12-24-66-38-20-17-35(18-21-38)45(62)58-48-51(6,7)49(52(48,8)9)68-39-22-19-36(27-54)40(53)26-39/h13-22,26,30-31,37,41,44,48-49,60H,10-12,23-25,28-29H2,1-9H3,(H,56,63)(H,57,61)(H,58,62)/t31-,37+,41-,44+,48-,49-/m0/s1. The van der Waals surface area contributed by atoms with Crippen LogP contribution in [0.2, 0.25) is 5.02 Å². The van der Waals surface area contributed by atoms with E-state index in [1.807, 2.05) is 58.9 Å². The van der Waals surface area contributed by atoms with E-state index in [9.17, 15) is 29.5 Å². The number of benzene rings is 3. The summed E-state index contributed by atoms with van der Waals surface area (Å²) in [5.41, 5.74) is 1.89. The summed E-state index contributed by atoms with van der Waals surface area (Å²) in [5.74, 6) is 0.394. The van der Waals surface area contributed by atoms with Crippen LogP contribution in [0.15, 0.2) is 77.5 Å². The zero-order chi connectivity index (χ0) is 49.6. The van der Waals surface area contributed by atoms with Gasteiger partial charge >= 0.3 is 0 Å². The third-order valence-electron chi connectivity index (χ3n) is 13.0. The second-order valence-electron chi connectivity index (χ2n) is 20.2. The SMILES string of the molecule is Cc1ncoc1-c1ccc([C@H](C)NC(=O)[C@@H]2C[C@@H](O)CN2C(=O)[C@@H](NC(=O)COCCCCCOc2ccc(C(=O)N[C@H]3C(C)(C)[C@H](Oc4ccc(C#N)c(Cl)c4)C3(C)C)cc2)C(C)(C)C)cc1. The van der Waals surface area contributed by atoms with Crippen LogP contribution in [0.4, 0.5) is 0 Å². The van der Waals surface area contributed by atoms with Crippen molar-refractivity contribution in [2.75, 3.05) is 26.4 Å². The van der Waals surface area contributed by atoms with Gasteiger partial charge in [-0.1, -0.05) is 84.3 Å². The van der Waals surface area contributed by atoms with Crippen LogP contribution >= 0.6 is 11.6 Å². The molecule has 4 atom stereocenters. The highest BCUT2D eigenvalue weighted by Gasteiger charge is 2.64. The summed E-state index contributed by atoms with van der Waals surface area (Å²) in [6.07, 6.45) is 2.58. The van der Waals surface area contributed by atoms with Gasteiger partial charge in [-0.25, -0.2) is 4.98 Å². The van der Waals surface area contributed by atoms with Crippen LogP contribution in [0.3, 0.4) is 0 Å². The fourth-order valence-electron chi connectivity index (χ4n) is 9.57. The lowest BCUT2D eigenvalue weighted by Crippen LogP contribution is -2.74. The number of nitrogens with one attached hydrogen (secondary N) is 3. The monoisotopic (exact) mass is 952 g/mol. The maximum absolute atomic E-state index is 14.0. The number of hydrogen-bond donors (Lipinski definition) is 4. The lowest BCUT2D eigenvalue weighted by molar-refractivity contribution is -0.164. The lowest BCUT2D eigenvalue weighted by atomic mass is 9.49. The van der Waals surface area contributed by atoms with E-state index in [1.165, 1.54) is 11.3 Å². The topological polar surface area (TPSA) is 205 Å². The first-order chi connectivity index (χ1) is 32.1. The number of unbranched alkanes of at least 4 members (excludes halogenated alkanes) is 2. The molecule has 1 saturated heterocycles. The number of aliphatic hydroxyl groups is 1. The first-order valence-electron chi connectivity index (χ1n) is 23.2.